The van der Waals surface area contributed by atoms with Crippen LogP contribution in [0.5, 0.6) is 0 Å². The van der Waals surface area contributed by atoms with Crippen LogP contribution >= 0.6 is 0 Å². The molecule has 2 aromatic carbocycles. The first-order chi connectivity index (χ1) is 11.0. The van der Waals surface area contributed by atoms with Crippen molar-refractivity contribution in [3.05, 3.63) is 65.5 Å². The van der Waals surface area contributed by atoms with Gasteiger partial charge in [0, 0.05) is 13.1 Å². The van der Waals surface area contributed by atoms with Crippen molar-refractivity contribution in [3.8, 4) is 0 Å². The summed E-state index contributed by atoms with van der Waals surface area (Å²) in [5, 5.41) is 0. The van der Waals surface area contributed by atoms with E-state index in [2.05, 4.69) is 23.1 Å². The molecule has 0 unspecified atom stereocenters. The summed E-state index contributed by atoms with van der Waals surface area (Å²) in [4.78, 5) is 2.35. The van der Waals surface area contributed by atoms with Gasteiger partial charge in [-0.25, -0.2) is 12.8 Å². The van der Waals surface area contributed by atoms with E-state index in [1.807, 2.05) is 6.07 Å². The molecule has 0 aromatic heterocycles. The van der Waals surface area contributed by atoms with Crippen LogP contribution in [0, 0.1) is 5.82 Å². The molecule has 1 aliphatic rings. The van der Waals surface area contributed by atoms with Crippen LogP contribution < -0.4 is 0 Å². The highest BCUT2D eigenvalue weighted by molar-refractivity contribution is 7.91. The van der Waals surface area contributed by atoms with Gasteiger partial charge >= 0.3 is 0 Å². The van der Waals surface area contributed by atoms with Crippen molar-refractivity contribution in [3.63, 3.8) is 0 Å². The minimum absolute atomic E-state index is 0.0502. The predicted octanol–water partition coefficient (Wildman–Crippen LogP) is 3.05. The molecule has 23 heavy (non-hydrogen) atoms. The molecule has 3 nitrogen and oxygen atoms in total. The number of halogens is 1. The molecule has 0 radical (unpaired) electrons. The molecule has 0 bridgehead atoms. The molecular formula is C18H20FNO2S. The van der Waals surface area contributed by atoms with Crippen molar-refractivity contribution in [2.24, 2.45) is 0 Å². The van der Waals surface area contributed by atoms with Crippen LogP contribution in [0.3, 0.4) is 0 Å². The summed E-state index contributed by atoms with van der Waals surface area (Å²) in [6, 6.07) is 13.6. The maximum Gasteiger partial charge on any atom is 0.178 e. The lowest BCUT2D eigenvalue weighted by Crippen LogP contribution is -2.32. The van der Waals surface area contributed by atoms with Crippen LogP contribution in [0.1, 0.15) is 17.5 Å². The molecule has 0 aliphatic carbocycles. The van der Waals surface area contributed by atoms with E-state index in [0.717, 1.165) is 32.1 Å². The second-order valence-electron chi connectivity index (χ2n) is 5.92. The summed E-state index contributed by atoms with van der Waals surface area (Å²) in [5.74, 6) is -0.465. The van der Waals surface area contributed by atoms with Crippen molar-refractivity contribution >= 4 is 9.84 Å². The van der Waals surface area contributed by atoms with E-state index < -0.39 is 15.7 Å². The molecule has 0 saturated heterocycles. The molecule has 0 N–H and O–H groups in total. The standard InChI is InChI=1S/C18H20FNO2S/c19-17-7-3-8-18(13-17)23(21,22)12-4-10-20-11-9-15-5-1-2-6-16(15)14-20/h1-3,5-8,13H,4,9-12,14H2. The summed E-state index contributed by atoms with van der Waals surface area (Å²) in [5.41, 5.74) is 2.71. The molecular weight excluding hydrogens is 313 g/mol. The van der Waals surface area contributed by atoms with Gasteiger partial charge in [0.25, 0.3) is 0 Å². The Morgan fingerprint density at radius 2 is 1.83 bits per heavy atom. The molecule has 2 aromatic rings. The van der Waals surface area contributed by atoms with Crippen LogP contribution in [0.15, 0.2) is 53.4 Å². The Kier molecular flexibility index (Phi) is 4.78. The molecule has 1 heterocycles. The lowest BCUT2D eigenvalue weighted by Gasteiger charge is -2.28. The Hall–Kier alpha value is -1.72. The van der Waals surface area contributed by atoms with Crippen molar-refractivity contribution in [2.45, 2.75) is 24.3 Å². The van der Waals surface area contributed by atoms with Gasteiger partial charge in [-0.15, -0.1) is 0 Å². The average Bonchev–Trinajstić information content (AvgIpc) is 2.54. The number of fused-ring (bicyclic) bond motifs is 1. The van der Waals surface area contributed by atoms with Gasteiger partial charge in [-0.3, -0.25) is 4.90 Å². The predicted molar refractivity (Wildman–Crippen MR) is 88.5 cm³/mol. The molecule has 0 spiro atoms. The quantitative estimate of drug-likeness (QED) is 0.844. The van der Waals surface area contributed by atoms with Crippen molar-refractivity contribution in [1.82, 2.24) is 4.90 Å². The second kappa shape index (κ2) is 6.81. The SMILES string of the molecule is O=S(=O)(CCCN1CCc2ccccc2C1)c1cccc(F)c1. The molecule has 3 rings (SSSR count). The van der Waals surface area contributed by atoms with E-state index in [-0.39, 0.29) is 10.6 Å². The van der Waals surface area contributed by atoms with Gasteiger partial charge in [0.2, 0.25) is 0 Å². The minimum atomic E-state index is -3.41. The Balaban J connectivity index is 1.56. The Morgan fingerprint density at radius 1 is 1.04 bits per heavy atom. The molecule has 0 saturated carbocycles. The van der Waals surface area contributed by atoms with Gasteiger partial charge < -0.3 is 0 Å². The first-order valence-corrected chi connectivity index (χ1v) is 9.47. The number of benzene rings is 2. The number of hydrogen-bond acceptors (Lipinski definition) is 3. The molecule has 0 atom stereocenters. The highest BCUT2D eigenvalue weighted by atomic mass is 32.2. The summed E-state index contributed by atoms with van der Waals surface area (Å²) >= 11 is 0. The van der Waals surface area contributed by atoms with E-state index >= 15 is 0 Å². The number of nitrogens with zero attached hydrogens (tertiary/aromatic N) is 1. The largest absolute Gasteiger partial charge is 0.299 e. The summed E-state index contributed by atoms with van der Waals surface area (Å²) in [6.45, 7) is 2.57. The van der Waals surface area contributed by atoms with Crippen LogP contribution in [-0.4, -0.2) is 32.2 Å². The van der Waals surface area contributed by atoms with E-state index in [0.29, 0.717) is 6.42 Å². The summed E-state index contributed by atoms with van der Waals surface area (Å²) in [6.07, 6.45) is 1.56. The Labute approximate surface area is 136 Å². The summed E-state index contributed by atoms with van der Waals surface area (Å²) < 4.78 is 37.7. The van der Waals surface area contributed by atoms with Crippen molar-refractivity contribution in [1.29, 1.82) is 0 Å². The Bertz CT molecular complexity index is 789. The van der Waals surface area contributed by atoms with Gasteiger partial charge in [-0.2, -0.15) is 0 Å². The van der Waals surface area contributed by atoms with Crippen LogP contribution in [-0.2, 0) is 22.8 Å². The highest BCUT2D eigenvalue weighted by Gasteiger charge is 2.18. The fourth-order valence-corrected chi connectivity index (χ4v) is 4.32. The fourth-order valence-electron chi connectivity index (χ4n) is 3.00. The van der Waals surface area contributed by atoms with E-state index in [1.165, 1.54) is 29.3 Å². The maximum absolute atomic E-state index is 13.2. The zero-order chi connectivity index (χ0) is 16.3. The van der Waals surface area contributed by atoms with E-state index in [1.54, 1.807) is 0 Å². The third-order valence-electron chi connectivity index (χ3n) is 4.25. The van der Waals surface area contributed by atoms with Gasteiger partial charge in [0.1, 0.15) is 5.82 Å². The van der Waals surface area contributed by atoms with Gasteiger partial charge in [0.15, 0.2) is 9.84 Å². The molecule has 5 heteroatoms. The average molecular weight is 333 g/mol. The third kappa shape index (κ3) is 3.98. The normalized spacial score (nSPS) is 15.3. The summed E-state index contributed by atoms with van der Waals surface area (Å²) in [7, 11) is -3.41. The monoisotopic (exact) mass is 333 g/mol. The van der Waals surface area contributed by atoms with Crippen LogP contribution in [0.4, 0.5) is 4.39 Å². The van der Waals surface area contributed by atoms with Gasteiger partial charge in [0.05, 0.1) is 10.6 Å². The number of hydrogen-bond donors (Lipinski definition) is 0. The van der Waals surface area contributed by atoms with Gasteiger partial charge in [-0.05, 0) is 48.7 Å². The van der Waals surface area contributed by atoms with E-state index in [4.69, 9.17) is 0 Å². The first-order valence-electron chi connectivity index (χ1n) is 7.82. The van der Waals surface area contributed by atoms with Crippen LogP contribution in [0.25, 0.3) is 0 Å². The minimum Gasteiger partial charge on any atom is -0.299 e. The molecule has 0 fully saturated rings. The van der Waals surface area contributed by atoms with Crippen LogP contribution in [0.2, 0.25) is 0 Å². The molecule has 122 valence electrons. The first kappa shape index (κ1) is 16.1. The van der Waals surface area contributed by atoms with E-state index in [9.17, 15) is 12.8 Å². The molecule has 0 amide bonds. The number of rotatable bonds is 5. The smallest absolute Gasteiger partial charge is 0.178 e. The highest BCUT2D eigenvalue weighted by Crippen LogP contribution is 2.19. The zero-order valence-corrected chi connectivity index (χ0v) is 13.7. The lowest BCUT2D eigenvalue weighted by molar-refractivity contribution is 0.255. The maximum atomic E-state index is 13.2. The van der Waals surface area contributed by atoms with Crippen molar-refractivity contribution < 1.29 is 12.8 Å². The van der Waals surface area contributed by atoms with Crippen molar-refractivity contribution in [2.75, 3.05) is 18.8 Å². The second-order valence-corrected chi connectivity index (χ2v) is 8.03. The zero-order valence-electron chi connectivity index (χ0n) is 12.9. The molecule has 1 aliphatic heterocycles. The topological polar surface area (TPSA) is 37.4 Å². The lowest BCUT2D eigenvalue weighted by atomic mass is 10.00. The fraction of sp³-hybridized carbons (Fsp3) is 0.333. The number of sulfone groups is 1. The third-order valence-corrected chi connectivity index (χ3v) is 6.05. The Morgan fingerprint density at radius 3 is 2.61 bits per heavy atom. The van der Waals surface area contributed by atoms with Gasteiger partial charge in [-0.1, -0.05) is 30.3 Å².